The zero-order valence-electron chi connectivity index (χ0n) is 18.3. The molecule has 0 spiro atoms. The first-order valence-electron chi connectivity index (χ1n) is 11.5. The molecule has 0 saturated carbocycles. The van der Waals surface area contributed by atoms with Crippen LogP contribution < -0.4 is 0 Å². The standard InChI is InChI=1S/C25H26Cl2F3N3/c26-17-5-4-16-13-21-19(20(16)14-17)8-12-33(23(21)15-32-9-2-10-32)11-1-3-18-6-7-22(27)24(31-18)25(28,29)30/h4-7,14,23H,1-3,8-13,15H2. The molecule has 1 unspecified atom stereocenters. The van der Waals surface area contributed by atoms with Crippen LogP contribution in [0.1, 0.15) is 41.8 Å². The van der Waals surface area contributed by atoms with Crippen LogP contribution in [0.15, 0.2) is 35.9 Å². The SMILES string of the molecule is FC(F)(F)c1nc(CCCN2CCC3=C(Cc4ccc(Cl)cc43)C2CN2CCC2)ccc1Cl. The summed E-state index contributed by atoms with van der Waals surface area (Å²) in [4.78, 5) is 8.82. The molecule has 2 aliphatic heterocycles. The van der Waals surface area contributed by atoms with Crippen molar-refractivity contribution in [3.63, 3.8) is 0 Å². The molecule has 0 N–H and O–H groups in total. The maximum absolute atomic E-state index is 13.1. The van der Waals surface area contributed by atoms with Crippen molar-refractivity contribution >= 4 is 28.8 Å². The van der Waals surface area contributed by atoms with Crippen LogP contribution in [0.25, 0.3) is 5.57 Å². The highest BCUT2D eigenvalue weighted by atomic mass is 35.5. The normalized spacial score (nSPS) is 21.2. The summed E-state index contributed by atoms with van der Waals surface area (Å²) in [5.74, 6) is 0. The summed E-state index contributed by atoms with van der Waals surface area (Å²) in [5.41, 5.74) is 5.04. The molecule has 5 rings (SSSR count). The molecule has 3 aliphatic rings. The predicted octanol–water partition coefficient (Wildman–Crippen LogP) is 6.13. The third-order valence-electron chi connectivity index (χ3n) is 7.09. The van der Waals surface area contributed by atoms with Gasteiger partial charge in [-0.25, -0.2) is 4.98 Å². The Morgan fingerprint density at radius 2 is 1.88 bits per heavy atom. The summed E-state index contributed by atoms with van der Waals surface area (Å²) in [5, 5.41) is 0.426. The van der Waals surface area contributed by atoms with Crippen molar-refractivity contribution < 1.29 is 13.2 Å². The fourth-order valence-electron chi connectivity index (χ4n) is 5.30. The van der Waals surface area contributed by atoms with E-state index >= 15 is 0 Å². The Morgan fingerprint density at radius 1 is 1.06 bits per heavy atom. The van der Waals surface area contributed by atoms with E-state index < -0.39 is 11.9 Å². The molecule has 0 radical (unpaired) electrons. The molecule has 1 aromatic carbocycles. The fraction of sp³-hybridized carbons (Fsp3) is 0.480. The largest absolute Gasteiger partial charge is 0.434 e. The summed E-state index contributed by atoms with van der Waals surface area (Å²) < 4.78 is 39.4. The number of hydrogen-bond acceptors (Lipinski definition) is 3. The molecule has 3 heterocycles. The molecule has 0 amide bonds. The minimum absolute atomic E-state index is 0.337. The van der Waals surface area contributed by atoms with E-state index in [1.165, 1.54) is 34.8 Å². The Hall–Kier alpha value is -1.60. The summed E-state index contributed by atoms with van der Waals surface area (Å²) in [6, 6.07) is 9.45. The van der Waals surface area contributed by atoms with Crippen molar-refractivity contribution in [1.82, 2.24) is 14.8 Å². The minimum Gasteiger partial charge on any atom is -0.301 e. The van der Waals surface area contributed by atoms with E-state index in [1.54, 1.807) is 6.07 Å². The van der Waals surface area contributed by atoms with Crippen molar-refractivity contribution in [1.29, 1.82) is 0 Å². The van der Waals surface area contributed by atoms with Crippen LogP contribution in [0.4, 0.5) is 13.2 Å². The maximum atomic E-state index is 13.1. The van der Waals surface area contributed by atoms with Gasteiger partial charge in [0.05, 0.1) is 5.02 Å². The fourth-order valence-corrected chi connectivity index (χ4v) is 5.68. The number of alkyl halides is 3. The van der Waals surface area contributed by atoms with Gasteiger partial charge in [0.2, 0.25) is 0 Å². The molecule has 8 heteroatoms. The van der Waals surface area contributed by atoms with E-state index in [-0.39, 0.29) is 5.02 Å². The van der Waals surface area contributed by atoms with Crippen molar-refractivity contribution in [3.8, 4) is 0 Å². The molecule has 1 aromatic heterocycles. The third kappa shape index (κ3) is 4.81. The van der Waals surface area contributed by atoms with Crippen LogP contribution in [0.3, 0.4) is 0 Å². The van der Waals surface area contributed by atoms with Gasteiger partial charge in [0, 0.05) is 29.8 Å². The zero-order valence-corrected chi connectivity index (χ0v) is 19.8. The summed E-state index contributed by atoms with van der Waals surface area (Å²) in [6.45, 7) is 5.07. The summed E-state index contributed by atoms with van der Waals surface area (Å²) in [6.07, 6.45) is -0.0936. The van der Waals surface area contributed by atoms with Crippen LogP contribution in [-0.4, -0.2) is 53.5 Å². The van der Waals surface area contributed by atoms with E-state index in [1.807, 2.05) is 6.07 Å². The lowest BCUT2D eigenvalue weighted by molar-refractivity contribution is -0.141. The number of likely N-dealkylation sites (tertiary alicyclic amines) is 1. The van der Waals surface area contributed by atoms with Crippen LogP contribution >= 0.6 is 23.2 Å². The average molecular weight is 496 g/mol. The van der Waals surface area contributed by atoms with Gasteiger partial charge in [-0.15, -0.1) is 0 Å². The van der Waals surface area contributed by atoms with Crippen molar-refractivity contribution in [2.45, 2.75) is 44.3 Å². The molecule has 3 nitrogen and oxygen atoms in total. The van der Waals surface area contributed by atoms with E-state index in [0.29, 0.717) is 18.2 Å². The van der Waals surface area contributed by atoms with Gasteiger partial charge >= 0.3 is 6.18 Å². The summed E-state index contributed by atoms with van der Waals surface area (Å²) >= 11 is 12.0. The Kier molecular flexibility index (Phi) is 6.47. The van der Waals surface area contributed by atoms with Gasteiger partial charge in [-0.05, 0) is 98.3 Å². The number of aryl methyl sites for hydroxylation is 1. The second-order valence-corrected chi connectivity index (χ2v) is 10.0. The predicted molar refractivity (Wildman–Crippen MR) is 126 cm³/mol. The van der Waals surface area contributed by atoms with Gasteiger partial charge in [0.15, 0.2) is 5.69 Å². The molecule has 33 heavy (non-hydrogen) atoms. The molecule has 1 fully saturated rings. The highest BCUT2D eigenvalue weighted by molar-refractivity contribution is 6.31. The summed E-state index contributed by atoms with van der Waals surface area (Å²) in [7, 11) is 0. The average Bonchev–Trinajstić information content (AvgIpc) is 3.09. The molecule has 1 aliphatic carbocycles. The Morgan fingerprint density at radius 3 is 2.61 bits per heavy atom. The number of pyridine rings is 1. The minimum atomic E-state index is -4.54. The first-order valence-corrected chi connectivity index (χ1v) is 12.2. The Bertz CT molecular complexity index is 1080. The molecule has 0 bridgehead atoms. The number of nitrogens with zero attached hydrogens (tertiary/aromatic N) is 3. The quantitative estimate of drug-likeness (QED) is 0.480. The molecule has 2 aromatic rings. The first kappa shape index (κ1) is 23.2. The molecular weight excluding hydrogens is 470 g/mol. The zero-order chi connectivity index (χ0) is 23.2. The number of hydrogen-bond donors (Lipinski definition) is 0. The number of benzene rings is 1. The number of halogens is 5. The first-order chi connectivity index (χ1) is 15.8. The van der Waals surface area contributed by atoms with Gasteiger partial charge in [-0.2, -0.15) is 13.2 Å². The van der Waals surface area contributed by atoms with Gasteiger partial charge in [0.25, 0.3) is 0 Å². The maximum Gasteiger partial charge on any atom is 0.434 e. The van der Waals surface area contributed by atoms with Gasteiger partial charge in [0.1, 0.15) is 0 Å². The second-order valence-electron chi connectivity index (χ2n) is 9.17. The lowest BCUT2D eigenvalue weighted by atomic mass is 9.91. The molecule has 1 saturated heterocycles. The van der Waals surface area contributed by atoms with Crippen LogP contribution in [0.5, 0.6) is 0 Å². The number of fused-ring (bicyclic) bond motifs is 2. The molecule has 1 atom stereocenters. The van der Waals surface area contributed by atoms with Crippen molar-refractivity contribution in [3.05, 3.63) is 68.5 Å². The monoisotopic (exact) mass is 495 g/mol. The van der Waals surface area contributed by atoms with E-state index in [0.717, 1.165) is 57.0 Å². The molecule has 176 valence electrons. The second kappa shape index (κ2) is 9.21. The van der Waals surface area contributed by atoms with E-state index in [9.17, 15) is 13.2 Å². The third-order valence-corrected chi connectivity index (χ3v) is 7.63. The Labute approximate surface area is 202 Å². The van der Waals surface area contributed by atoms with Crippen molar-refractivity contribution in [2.24, 2.45) is 0 Å². The van der Waals surface area contributed by atoms with Crippen molar-refractivity contribution in [2.75, 3.05) is 32.7 Å². The highest BCUT2D eigenvalue weighted by Crippen LogP contribution is 2.42. The number of aromatic nitrogens is 1. The van der Waals surface area contributed by atoms with Gasteiger partial charge < -0.3 is 4.90 Å². The van der Waals surface area contributed by atoms with Gasteiger partial charge in [-0.3, -0.25) is 4.90 Å². The Balaban J connectivity index is 1.30. The van der Waals surface area contributed by atoms with Crippen LogP contribution in [0, 0.1) is 0 Å². The van der Waals surface area contributed by atoms with E-state index in [4.69, 9.17) is 23.2 Å². The van der Waals surface area contributed by atoms with Crippen LogP contribution in [0.2, 0.25) is 10.0 Å². The van der Waals surface area contributed by atoms with Crippen LogP contribution in [-0.2, 0) is 19.0 Å². The lowest BCUT2D eigenvalue weighted by Crippen LogP contribution is -2.51. The van der Waals surface area contributed by atoms with E-state index in [2.05, 4.69) is 26.9 Å². The highest BCUT2D eigenvalue weighted by Gasteiger charge is 2.37. The molecular formula is C25H26Cl2F3N3. The van der Waals surface area contributed by atoms with Gasteiger partial charge in [-0.1, -0.05) is 29.3 Å². The topological polar surface area (TPSA) is 19.4 Å². The smallest absolute Gasteiger partial charge is 0.301 e. The number of rotatable bonds is 6. The lowest BCUT2D eigenvalue weighted by Gasteiger charge is -2.42.